The van der Waals surface area contributed by atoms with Crippen LogP contribution in [0.1, 0.15) is 26.2 Å². The topological polar surface area (TPSA) is 67.4 Å². The summed E-state index contributed by atoms with van der Waals surface area (Å²) in [6, 6.07) is 13.8. The van der Waals surface area contributed by atoms with Crippen LogP contribution in [0.4, 0.5) is 5.69 Å². The van der Waals surface area contributed by atoms with Gasteiger partial charge in [-0.2, -0.15) is 0 Å². The number of unbranched alkanes of at least 4 members (excludes halogenated alkanes) is 1. The molecular weight excluding hydrogens is 304 g/mol. The molecule has 0 atom stereocenters. The van der Waals surface area contributed by atoms with E-state index in [9.17, 15) is 9.59 Å². The molecule has 0 aliphatic heterocycles. The molecule has 0 bridgehead atoms. The molecule has 2 aromatic rings. The minimum absolute atomic E-state index is 0.0479. The van der Waals surface area contributed by atoms with Gasteiger partial charge in [0.2, 0.25) is 11.8 Å². The fourth-order valence-corrected chi connectivity index (χ4v) is 2.27. The van der Waals surface area contributed by atoms with Crippen LogP contribution in [0.3, 0.4) is 0 Å². The summed E-state index contributed by atoms with van der Waals surface area (Å²) >= 11 is 0. The van der Waals surface area contributed by atoms with Gasteiger partial charge in [-0.25, -0.2) is 0 Å². The molecule has 0 aromatic heterocycles. The van der Waals surface area contributed by atoms with Crippen molar-refractivity contribution in [2.24, 2.45) is 0 Å². The van der Waals surface area contributed by atoms with Crippen LogP contribution in [0, 0.1) is 0 Å². The molecule has 0 saturated carbocycles. The molecule has 5 heteroatoms. The van der Waals surface area contributed by atoms with Crippen molar-refractivity contribution >= 4 is 28.3 Å². The number of hydrogen-bond donors (Lipinski definition) is 2. The summed E-state index contributed by atoms with van der Waals surface area (Å²) < 4.78 is 5.22. The van der Waals surface area contributed by atoms with Crippen molar-refractivity contribution in [1.82, 2.24) is 5.32 Å². The smallest absolute Gasteiger partial charge is 0.246 e. The zero-order valence-electron chi connectivity index (χ0n) is 14.0. The normalized spacial score (nSPS) is 10.5. The van der Waals surface area contributed by atoms with Crippen molar-refractivity contribution in [3.63, 3.8) is 0 Å². The van der Waals surface area contributed by atoms with E-state index in [0.29, 0.717) is 13.2 Å². The van der Waals surface area contributed by atoms with Crippen LogP contribution < -0.4 is 10.6 Å². The lowest BCUT2D eigenvalue weighted by Crippen LogP contribution is -2.30. The maximum absolute atomic E-state index is 11.9. The predicted octanol–water partition coefficient (Wildman–Crippen LogP) is 3.10. The van der Waals surface area contributed by atoms with Crippen molar-refractivity contribution in [2.75, 3.05) is 25.1 Å². The number of anilines is 1. The molecule has 0 radical (unpaired) electrons. The fraction of sp³-hybridized carbons (Fsp3) is 0.368. The molecule has 0 heterocycles. The predicted molar refractivity (Wildman–Crippen MR) is 95.9 cm³/mol. The Bertz CT molecular complexity index is 685. The second-order valence-electron chi connectivity index (χ2n) is 5.62. The lowest BCUT2D eigenvalue weighted by molar-refractivity contribution is -0.125. The van der Waals surface area contributed by atoms with Gasteiger partial charge < -0.3 is 15.4 Å². The molecule has 0 spiro atoms. The SMILES string of the molecule is CCCCOCC(=O)NCCC(=O)Nc1ccc2ccccc2c1. The minimum Gasteiger partial charge on any atom is -0.372 e. The second-order valence-corrected chi connectivity index (χ2v) is 5.62. The maximum Gasteiger partial charge on any atom is 0.246 e. The molecule has 2 N–H and O–H groups in total. The molecule has 2 amide bonds. The van der Waals surface area contributed by atoms with E-state index in [4.69, 9.17) is 4.74 Å². The number of ether oxygens (including phenoxy) is 1. The van der Waals surface area contributed by atoms with E-state index in [2.05, 4.69) is 17.6 Å². The Morgan fingerprint density at radius 3 is 2.62 bits per heavy atom. The Kier molecular flexibility index (Phi) is 7.23. The van der Waals surface area contributed by atoms with Gasteiger partial charge in [0.15, 0.2) is 0 Å². The van der Waals surface area contributed by atoms with Crippen molar-refractivity contribution < 1.29 is 14.3 Å². The third kappa shape index (κ3) is 6.01. The Morgan fingerprint density at radius 1 is 1.04 bits per heavy atom. The van der Waals surface area contributed by atoms with Crippen LogP contribution in [0.5, 0.6) is 0 Å². The lowest BCUT2D eigenvalue weighted by Gasteiger charge is -2.08. The molecule has 0 aliphatic rings. The molecule has 5 nitrogen and oxygen atoms in total. The first-order valence-electron chi connectivity index (χ1n) is 8.32. The van der Waals surface area contributed by atoms with Gasteiger partial charge in [0.1, 0.15) is 6.61 Å². The van der Waals surface area contributed by atoms with Crippen LogP contribution in [-0.2, 0) is 14.3 Å². The van der Waals surface area contributed by atoms with Gasteiger partial charge in [-0.1, -0.05) is 43.7 Å². The van der Waals surface area contributed by atoms with E-state index in [1.807, 2.05) is 42.5 Å². The minimum atomic E-state index is -0.190. The average Bonchev–Trinajstić information content (AvgIpc) is 2.58. The van der Waals surface area contributed by atoms with Crippen LogP contribution in [0.15, 0.2) is 42.5 Å². The molecule has 128 valence electrons. The Morgan fingerprint density at radius 2 is 1.83 bits per heavy atom. The third-order valence-electron chi connectivity index (χ3n) is 3.58. The summed E-state index contributed by atoms with van der Waals surface area (Å²) in [4.78, 5) is 23.5. The zero-order valence-corrected chi connectivity index (χ0v) is 14.0. The highest BCUT2D eigenvalue weighted by Crippen LogP contribution is 2.18. The highest BCUT2D eigenvalue weighted by molar-refractivity contribution is 5.94. The van der Waals surface area contributed by atoms with E-state index in [0.717, 1.165) is 29.3 Å². The maximum atomic E-state index is 11.9. The van der Waals surface area contributed by atoms with Gasteiger partial charge in [0.05, 0.1) is 0 Å². The summed E-state index contributed by atoms with van der Waals surface area (Å²) in [5.74, 6) is -0.318. The summed E-state index contributed by atoms with van der Waals surface area (Å²) in [6.45, 7) is 3.01. The van der Waals surface area contributed by atoms with Gasteiger partial charge >= 0.3 is 0 Å². The van der Waals surface area contributed by atoms with Crippen LogP contribution in [-0.4, -0.2) is 31.6 Å². The molecule has 0 saturated heterocycles. The van der Waals surface area contributed by atoms with Crippen LogP contribution in [0.2, 0.25) is 0 Å². The number of nitrogens with one attached hydrogen (secondary N) is 2. The Labute approximate surface area is 142 Å². The average molecular weight is 328 g/mol. The van der Waals surface area contributed by atoms with Crippen molar-refractivity contribution in [3.05, 3.63) is 42.5 Å². The standard InChI is InChI=1S/C19H24N2O3/c1-2-3-12-24-14-19(23)20-11-10-18(22)21-17-9-8-15-6-4-5-7-16(15)13-17/h4-9,13H,2-3,10-12,14H2,1H3,(H,20,23)(H,21,22). The van der Waals surface area contributed by atoms with Crippen molar-refractivity contribution in [1.29, 1.82) is 0 Å². The molecule has 24 heavy (non-hydrogen) atoms. The molecule has 0 fully saturated rings. The van der Waals surface area contributed by atoms with Gasteiger partial charge in [-0.15, -0.1) is 0 Å². The number of rotatable bonds is 9. The van der Waals surface area contributed by atoms with E-state index < -0.39 is 0 Å². The lowest BCUT2D eigenvalue weighted by atomic mass is 10.1. The van der Waals surface area contributed by atoms with E-state index in [-0.39, 0.29) is 24.8 Å². The number of amides is 2. The quantitative estimate of drug-likeness (QED) is 0.695. The summed E-state index contributed by atoms with van der Waals surface area (Å²) in [5, 5.41) is 7.73. The van der Waals surface area contributed by atoms with Crippen LogP contribution in [0.25, 0.3) is 10.8 Å². The zero-order chi connectivity index (χ0) is 17.2. The Hall–Kier alpha value is -2.40. The summed E-state index contributed by atoms with van der Waals surface area (Å²) in [7, 11) is 0. The number of hydrogen-bond acceptors (Lipinski definition) is 3. The second kappa shape index (κ2) is 9.67. The highest BCUT2D eigenvalue weighted by Gasteiger charge is 2.05. The monoisotopic (exact) mass is 328 g/mol. The number of carbonyl (C=O) groups is 2. The Balaban J connectivity index is 1.69. The van der Waals surface area contributed by atoms with Crippen LogP contribution >= 0.6 is 0 Å². The van der Waals surface area contributed by atoms with Gasteiger partial charge in [0.25, 0.3) is 0 Å². The molecule has 2 aromatic carbocycles. The third-order valence-corrected chi connectivity index (χ3v) is 3.58. The van der Waals surface area contributed by atoms with E-state index >= 15 is 0 Å². The van der Waals surface area contributed by atoms with Gasteiger partial charge in [-0.3, -0.25) is 9.59 Å². The first-order valence-corrected chi connectivity index (χ1v) is 8.32. The number of carbonyl (C=O) groups excluding carboxylic acids is 2. The molecular formula is C19H24N2O3. The van der Waals surface area contributed by atoms with Crippen molar-refractivity contribution in [2.45, 2.75) is 26.2 Å². The first-order chi connectivity index (χ1) is 11.7. The summed E-state index contributed by atoms with van der Waals surface area (Å²) in [5.41, 5.74) is 0.757. The van der Waals surface area contributed by atoms with Gasteiger partial charge in [0, 0.05) is 25.3 Å². The highest BCUT2D eigenvalue weighted by atomic mass is 16.5. The number of fused-ring (bicyclic) bond motifs is 1. The van der Waals surface area contributed by atoms with E-state index in [1.165, 1.54) is 0 Å². The largest absolute Gasteiger partial charge is 0.372 e. The first kappa shape index (κ1) is 17.9. The van der Waals surface area contributed by atoms with Crippen molar-refractivity contribution in [3.8, 4) is 0 Å². The molecule has 0 aliphatic carbocycles. The summed E-state index contributed by atoms with van der Waals surface area (Å²) in [6.07, 6.45) is 2.21. The fourth-order valence-electron chi connectivity index (χ4n) is 2.27. The number of benzene rings is 2. The van der Waals surface area contributed by atoms with E-state index in [1.54, 1.807) is 0 Å². The molecule has 2 rings (SSSR count). The molecule has 0 unspecified atom stereocenters. The van der Waals surface area contributed by atoms with Gasteiger partial charge in [-0.05, 0) is 29.3 Å².